The topological polar surface area (TPSA) is 58.9 Å². The molecule has 0 aromatic heterocycles. The maximum atomic E-state index is 10.1. The van der Waals surface area contributed by atoms with E-state index in [0.717, 1.165) is 25.7 Å². The first-order valence-corrected chi connectivity index (χ1v) is 3.53. The molecule has 1 rings (SSSR count). The molecule has 1 fully saturated rings. The van der Waals surface area contributed by atoms with E-state index in [2.05, 4.69) is 10.4 Å². The zero-order chi connectivity index (χ0) is 7.40. The van der Waals surface area contributed by atoms with Gasteiger partial charge in [0.2, 0.25) is 0 Å². The van der Waals surface area contributed by atoms with Crippen LogP contribution in [0.2, 0.25) is 0 Å². The lowest BCUT2D eigenvalue weighted by Gasteiger charge is -2.19. The van der Waals surface area contributed by atoms with Crippen molar-refractivity contribution in [3.63, 3.8) is 0 Å². The third-order valence-electron chi connectivity index (χ3n) is 1.96. The van der Waals surface area contributed by atoms with Gasteiger partial charge in [0, 0.05) is 0 Å². The zero-order valence-corrected chi connectivity index (χ0v) is 5.69. The summed E-state index contributed by atoms with van der Waals surface area (Å²) in [6, 6.07) is -0.683. The van der Waals surface area contributed by atoms with E-state index in [4.69, 9.17) is 0 Å². The minimum Gasteiger partial charge on any atom is -0.150 e. The summed E-state index contributed by atoms with van der Waals surface area (Å²) in [5.74, 6) is 0. The normalized spacial score (nSPS) is 33.2. The Morgan fingerprint density at radius 2 is 1.30 bits per heavy atom. The van der Waals surface area contributed by atoms with Crippen molar-refractivity contribution in [1.82, 2.24) is 0 Å². The van der Waals surface area contributed by atoms with Crippen molar-refractivity contribution in [3.8, 4) is 0 Å². The van der Waals surface area contributed by atoms with E-state index in [-0.39, 0.29) is 12.1 Å². The first-order valence-electron chi connectivity index (χ1n) is 3.53. The van der Waals surface area contributed by atoms with Crippen molar-refractivity contribution in [2.45, 2.75) is 37.8 Å². The summed E-state index contributed by atoms with van der Waals surface area (Å²) in [5, 5.41) is 5.71. The van der Waals surface area contributed by atoms with E-state index in [1.54, 1.807) is 0 Å². The predicted molar refractivity (Wildman–Crippen MR) is 37.6 cm³/mol. The van der Waals surface area contributed by atoms with Gasteiger partial charge in [-0.15, -0.1) is 0 Å². The van der Waals surface area contributed by atoms with Crippen LogP contribution in [0.15, 0.2) is 10.4 Å². The van der Waals surface area contributed by atoms with Gasteiger partial charge in [-0.2, -0.15) is 9.81 Å². The van der Waals surface area contributed by atoms with Crippen molar-refractivity contribution >= 4 is 0 Å². The SMILES string of the molecule is O=N[C@@H]1CCCC[C@H]1N=O. The summed E-state index contributed by atoms with van der Waals surface area (Å²) in [6.07, 6.45) is 3.48. The Morgan fingerprint density at radius 1 is 0.900 bits per heavy atom. The molecule has 0 N–H and O–H groups in total. The average Bonchev–Trinajstić information content (AvgIpc) is 2.04. The fourth-order valence-corrected chi connectivity index (χ4v) is 1.34. The molecule has 0 heterocycles. The smallest absolute Gasteiger partial charge is 0.118 e. The van der Waals surface area contributed by atoms with Gasteiger partial charge in [0.25, 0.3) is 0 Å². The molecule has 1 aliphatic carbocycles. The fraction of sp³-hybridized carbons (Fsp3) is 1.00. The Bertz CT molecular complexity index is 122. The molecule has 56 valence electrons. The van der Waals surface area contributed by atoms with Crippen LogP contribution in [-0.4, -0.2) is 12.1 Å². The van der Waals surface area contributed by atoms with Crippen molar-refractivity contribution in [2.75, 3.05) is 0 Å². The van der Waals surface area contributed by atoms with Crippen molar-refractivity contribution < 1.29 is 0 Å². The average molecular weight is 142 g/mol. The van der Waals surface area contributed by atoms with E-state index in [1.165, 1.54) is 0 Å². The van der Waals surface area contributed by atoms with E-state index in [0.29, 0.717) is 0 Å². The van der Waals surface area contributed by atoms with Crippen LogP contribution < -0.4 is 0 Å². The van der Waals surface area contributed by atoms with Gasteiger partial charge in [0.1, 0.15) is 12.1 Å². The molecule has 0 aromatic carbocycles. The molecule has 4 nitrogen and oxygen atoms in total. The Morgan fingerprint density at radius 3 is 1.60 bits per heavy atom. The van der Waals surface area contributed by atoms with Gasteiger partial charge in [-0.3, -0.25) is 0 Å². The van der Waals surface area contributed by atoms with Crippen molar-refractivity contribution in [1.29, 1.82) is 0 Å². The molecule has 0 spiro atoms. The Labute approximate surface area is 58.9 Å². The molecule has 0 saturated heterocycles. The van der Waals surface area contributed by atoms with E-state index >= 15 is 0 Å². The third-order valence-corrected chi connectivity index (χ3v) is 1.96. The van der Waals surface area contributed by atoms with Crippen LogP contribution >= 0.6 is 0 Å². The summed E-state index contributed by atoms with van der Waals surface area (Å²) >= 11 is 0. The molecule has 0 aliphatic heterocycles. The van der Waals surface area contributed by atoms with E-state index in [1.807, 2.05) is 0 Å². The summed E-state index contributed by atoms with van der Waals surface area (Å²) in [7, 11) is 0. The van der Waals surface area contributed by atoms with Gasteiger partial charge in [-0.25, -0.2) is 0 Å². The molecule has 0 amide bonds. The van der Waals surface area contributed by atoms with Crippen LogP contribution in [0.1, 0.15) is 25.7 Å². The number of nitroso groups, excluding NO2 is 2. The Kier molecular flexibility index (Phi) is 2.48. The molecule has 0 aromatic rings. The molecule has 1 aliphatic rings. The summed E-state index contributed by atoms with van der Waals surface area (Å²) in [5.41, 5.74) is 0. The maximum absolute atomic E-state index is 10.1. The third kappa shape index (κ3) is 1.37. The molecule has 1 saturated carbocycles. The second kappa shape index (κ2) is 3.39. The van der Waals surface area contributed by atoms with Crippen molar-refractivity contribution in [2.24, 2.45) is 10.4 Å². The molecule has 4 heteroatoms. The highest BCUT2D eigenvalue weighted by atomic mass is 16.3. The second-order valence-corrected chi connectivity index (χ2v) is 2.63. The highest BCUT2D eigenvalue weighted by Gasteiger charge is 2.26. The van der Waals surface area contributed by atoms with Crippen LogP contribution in [0.5, 0.6) is 0 Å². The van der Waals surface area contributed by atoms with Gasteiger partial charge < -0.3 is 0 Å². The maximum Gasteiger partial charge on any atom is 0.118 e. The van der Waals surface area contributed by atoms with Gasteiger partial charge in [0.15, 0.2) is 0 Å². The van der Waals surface area contributed by atoms with Gasteiger partial charge in [-0.05, 0) is 12.8 Å². The first kappa shape index (κ1) is 7.31. The number of hydrogen-bond donors (Lipinski definition) is 0. The largest absolute Gasteiger partial charge is 0.150 e. The Balaban J connectivity index is 2.49. The predicted octanol–water partition coefficient (Wildman–Crippen LogP) is 1.83. The molecular formula is C6H10N2O2. The monoisotopic (exact) mass is 142 g/mol. The van der Waals surface area contributed by atoms with Crippen LogP contribution in [0.25, 0.3) is 0 Å². The number of nitrogens with zero attached hydrogens (tertiary/aromatic N) is 2. The standard InChI is InChI=1S/C6H10N2O2/c9-7-5-3-1-2-4-6(5)8-10/h5-6H,1-4H2/t5-,6-/m1/s1. The van der Waals surface area contributed by atoms with Gasteiger partial charge in [0.05, 0.1) is 0 Å². The summed E-state index contributed by atoms with van der Waals surface area (Å²) in [4.78, 5) is 20.2. The fourth-order valence-electron chi connectivity index (χ4n) is 1.34. The molecule has 0 bridgehead atoms. The zero-order valence-electron chi connectivity index (χ0n) is 5.69. The molecule has 10 heavy (non-hydrogen) atoms. The number of hydrogen-bond acceptors (Lipinski definition) is 4. The lowest BCUT2D eigenvalue weighted by atomic mass is 9.92. The van der Waals surface area contributed by atoms with Crippen molar-refractivity contribution in [3.05, 3.63) is 9.81 Å². The minimum absolute atomic E-state index is 0.341. The van der Waals surface area contributed by atoms with Crippen LogP contribution in [0.3, 0.4) is 0 Å². The molecular weight excluding hydrogens is 132 g/mol. The van der Waals surface area contributed by atoms with Crippen LogP contribution in [0.4, 0.5) is 0 Å². The van der Waals surface area contributed by atoms with Crippen LogP contribution in [-0.2, 0) is 0 Å². The number of rotatable bonds is 2. The lowest BCUT2D eigenvalue weighted by molar-refractivity contribution is 0.384. The summed E-state index contributed by atoms with van der Waals surface area (Å²) in [6.45, 7) is 0. The van der Waals surface area contributed by atoms with Crippen LogP contribution in [0, 0.1) is 9.81 Å². The van der Waals surface area contributed by atoms with Gasteiger partial charge >= 0.3 is 0 Å². The minimum atomic E-state index is -0.341. The first-order chi connectivity index (χ1) is 4.88. The van der Waals surface area contributed by atoms with E-state index in [9.17, 15) is 9.81 Å². The molecule has 0 unspecified atom stereocenters. The highest BCUT2D eigenvalue weighted by molar-refractivity contribution is 4.85. The quantitative estimate of drug-likeness (QED) is 0.552. The van der Waals surface area contributed by atoms with E-state index < -0.39 is 0 Å². The second-order valence-electron chi connectivity index (χ2n) is 2.63. The van der Waals surface area contributed by atoms with Gasteiger partial charge in [-0.1, -0.05) is 23.2 Å². The molecule has 0 radical (unpaired) electrons. The Hall–Kier alpha value is -0.800. The highest BCUT2D eigenvalue weighted by Crippen LogP contribution is 2.23. The lowest BCUT2D eigenvalue weighted by Crippen LogP contribution is -2.25. The summed E-state index contributed by atoms with van der Waals surface area (Å²) < 4.78 is 0. The molecule has 2 atom stereocenters.